The molecule has 1 aliphatic carbocycles. The number of fused-ring (bicyclic) bond motifs is 2. The fourth-order valence-corrected chi connectivity index (χ4v) is 3.96. The van der Waals surface area contributed by atoms with Crippen LogP contribution in [0, 0.1) is 17.7 Å². The van der Waals surface area contributed by atoms with E-state index in [4.69, 9.17) is 4.74 Å². The molecule has 1 saturated carbocycles. The normalized spacial score (nSPS) is 24.2. The molecule has 2 aliphatic rings. The molecule has 5 rings (SSSR count). The highest BCUT2D eigenvalue weighted by molar-refractivity contribution is 5.79. The Kier molecular flexibility index (Phi) is 3.44. The van der Waals surface area contributed by atoms with Gasteiger partial charge in [0.05, 0.1) is 49.7 Å². The maximum Gasteiger partial charge on any atom is 0.295 e. The smallest absolute Gasteiger partial charge is 0.295 e. The van der Waals surface area contributed by atoms with E-state index in [-0.39, 0.29) is 36.1 Å². The number of benzene rings is 1. The quantitative estimate of drug-likeness (QED) is 0.757. The van der Waals surface area contributed by atoms with Crippen LogP contribution in [0.5, 0.6) is 0 Å². The number of ether oxygens (including phenoxy) is 1. The summed E-state index contributed by atoms with van der Waals surface area (Å²) in [6.07, 6.45) is 1.57. The average Bonchev–Trinajstić information content (AvgIpc) is 2.98. The van der Waals surface area contributed by atoms with E-state index < -0.39 is 0 Å². The van der Waals surface area contributed by atoms with E-state index in [1.54, 1.807) is 24.4 Å². The molecule has 2 aromatic heterocycles. The molecule has 1 aromatic carbocycles. The minimum atomic E-state index is -0.350. The van der Waals surface area contributed by atoms with Crippen LogP contribution in [0.3, 0.4) is 0 Å². The van der Waals surface area contributed by atoms with Crippen LogP contribution in [-0.4, -0.2) is 37.9 Å². The molecule has 1 saturated heterocycles. The Balaban J connectivity index is 1.58. The van der Waals surface area contributed by atoms with Gasteiger partial charge in [-0.15, -0.1) is 0 Å². The van der Waals surface area contributed by atoms with Crippen LogP contribution in [0.4, 0.5) is 4.39 Å². The van der Waals surface area contributed by atoms with Crippen LogP contribution in [0.1, 0.15) is 17.3 Å². The third-order valence-corrected chi connectivity index (χ3v) is 5.44. The predicted molar refractivity (Wildman–Crippen MR) is 90.0 cm³/mol. The number of hydrogen-bond acceptors (Lipinski definition) is 5. The van der Waals surface area contributed by atoms with E-state index in [1.807, 2.05) is 0 Å². The zero-order valence-electron chi connectivity index (χ0n) is 13.9. The lowest BCUT2D eigenvalue weighted by molar-refractivity contribution is 0.149. The number of halogens is 1. The first-order valence-electron chi connectivity index (χ1n) is 8.58. The summed E-state index contributed by atoms with van der Waals surface area (Å²) >= 11 is 0. The monoisotopic (exact) mass is 356 g/mol. The molecule has 0 radical (unpaired) electrons. The summed E-state index contributed by atoms with van der Waals surface area (Å²) in [6, 6.07) is 6.45. The lowest BCUT2D eigenvalue weighted by Gasteiger charge is -2.07. The van der Waals surface area contributed by atoms with Crippen LogP contribution in [0.2, 0.25) is 0 Å². The highest BCUT2D eigenvalue weighted by Crippen LogP contribution is 2.53. The zero-order chi connectivity index (χ0) is 17.8. The average molecular weight is 356 g/mol. The third-order valence-electron chi connectivity index (χ3n) is 5.44. The van der Waals surface area contributed by atoms with Crippen molar-refractivity contribution < 1.29 is 14.2 Å². The number of aromatic nitrogens is 4. The fourth-order valence-electron chi connectivity index (χ4n) is 3.96. The molecule has 3 heterocycles. The lowest BCUT2D eigenvalue weighted by Crippen LogP contribution is -2.24. The molecular weight excluding hydrogens is 339 g/mol. The van der Waals surface area contributed by atoms with Gasteiger partial charge in [-0.2, -0.15) is 10.2 Å². The van der Waals surface area contributed by atoms with Crippen LogP contribution in [-0.2, 0) is 17.9 Å². The van der Waals surface area contributed by atoms with Crippen LogP contribution >= 0.6 is 0 Å². The molecule has 7 nitrogen and oxygen atoms in total. The van der Waals surface area contributed by atoms with Gasteiger partial charge in [-0.25, -0.2) is 9.07 Å². The van der Waals surface area contributed by atoms with E-state index >= 15 is 0 Å². The predicted octanol–water partition coefficient (Wildman–Crippen LogP) is 1.09. The number of hydrogen-bond donors (Lipinski definition) is 1. The minimum Gasteiger partial charge on any atom is -0.390 e. The van der Waals surface area contributed by atoms with Crippen molar-refractivity contribution in [2.45, 2.75) is 19.2 Å². The molecule has 1 N–H and O–H groups in total. The summed E-state index contributed by atoms with van der Waals surface area (Å²) in [7, 11) is 0. The standard InChI is InChI=1S/C18H17FN4O3/c19-14-4-2-1-3-10(14)6-22-15(7-24)11-5-20-23(18(25)16(11)21-22)17-12-8-26-9-13(12)17/h1-5,12-13,17,24H,6-9H2/t12-,13+,17-. The molecule has 2 fully saturated rings. The summed E-state index contributed by atoms with van der Waals surface area (Å²) in [4.78, 5) is 12.9. The van der Waals surface area contributed by atoms with Gasteiger partial charge < -0.3 is 9.84 Å². The lowest BCUT2D eigenvalue weighted by atomic mass is 10.2. The fraction of sp³-hybridized carbons (Fsp3) is 0.389. The summed E-state index contributed by atoms with van der Waals surface area (Å²) in [5.41, 5.74) is 0.881. The summed E-state index contributed by atoms with van der Waals surface area (Å²) < 4.78 is 22.3. The molecule has 0 bridgehead atoms. The van der Waals surface area contributed by atoms with Gasteiger partial charge in [0, 0.05) is 17.4 Å². The largest absolute Gasteiger partial charge is 0.390 e. The summed E-state index contributed by atoms with van der Waals surface area (Å²) in [6.45, 7) is 1.15. The maximum atomic E-state index is 14.0. The van der Waals surface area contributed by atoms with Crippen LogP contribution in [0.15, 0.2) is 35.3 Å². The van der Waals surface area contributed by atoms with Crippen molar-refractivity contribution in [1.29, 1.82) is 0 Å². The van der Waals surface area contributed by atoms with E-state index in [1.165, 1.54) is 15.4 Å². The summed E-state index contributed by atoms with van der Waals surface area (Å²) in [5.74, 6) is 0.336. The molecule has 3 aromatic rings. The van der Waals surface area contributed by atoms with Gasteiger partial charge in [-0.05, 0) is 6.07 Å². The molecule has 3 atom stereocenters. The molecule has 1 aliphatic heterocycles. The second-order valence-corrected chi connectivity index (χ2v) is 6.87. The van der Waals surface area contributed by atoms with Gasteiger partial charge in [0.25, 0.3) is 5.56 Å². The van der Waals surface area contributed by atoms with Crippen LogP contribution < -0.4 is 5.56 Å². The number of aliphatic hydroxyl groups is 1. The SMILES string of the molecule is O=c1c2nn(Cc3ccccc3F)c(CO)c2cnn1[C@@H]1[C@@H]2COC[C@@H]21. The third kappa shape index (κ3) is 2.22. The first-order valence-corrected chi connectivity index (χ1v) is 8.58. The maximum absolute atomic E-state index is 14.0. The van der Waals surface area contributed by atoms with E-state index in [0.717, 1.165) is 0 Å². The van der Waals surface area contributed by atoms with Crippen molar-refractivity contribution >= 4 is 10.9 Å². The van der Waals surface area contributed by atoms with Crippen molar-refractivity contribution in [2.24, 2.45) is 11.8 Å². The molecule has 134 valence electrons. The Hall–Kier alpha value is -2.58. The van der Waals surface area contributed by atoms with Crippen molar-refractivity contribution in [3.63, 3.8) is 0 Å². The Morgan fingerprint density at radius 1 is 1.27 bits per heavy atom. The molecule has 0 spiro atoms. The van der Waals surface area contributed by atoms with Gasteiger partial charge in [-0.1, -0.05) is 18.2 Å². The highest BCUT2D eigenvalue weighted by atomic mass is 19.1. The van der Waals surface area contributed by atoms with E-state index in [9.17, 15) is 14.3 Å². The van der Waals surface area contributed by atoms with E-state index in [0.29, 0.717) is 41.7 Å². The number of aliphatic hydroxyl groups excluding tert-OH is 1. The number of nitrogens with zero attached hydrogens (tertiary/aromatic N) is 4. The summed E-state index contributed by atoms with van der Waals surface area (Å²) in [5, 5.41) is 18.9. The van der Waals surface area contributed by atoms with Crippen molar-refractivity contribution in [1.82, 2.24) is 19.6 Å². The van der Waals surface area contributed by atoms with Gasteiger partial charge in [0.15, 0.2) is 5.52 Å². The van der Waals surface area contributed by atoms with Gasteiger partial charge in [0.2, 0.25) is 0 Å². The van der Waals surface area contributed by atoms with Gasteiger partial charge in [-0.3, -0.25) is 9.48 Å². The Bertz CT molecular complexity index is 1050. The Morgan fingerprint density at radius 3 is 2.77 bits per heavy atom. The van der Waals surface area contributed by atoms with Crippen molar-refractivity contribution in [3.8, 4) is 0 Å². The minimum absolute atomic E-state index is 0.0648. The van der Waals surface area contributed by atoms with Gasteiger partial charge in [0.1, 0.15) is 5.82 Å². The second-order valence-electron chi connectivity index (χ2n) is 6.87. The van der Waals surface area contributed by atoms with Crippen LogP contribution in [0.25, 0.3) is 10.9 Å². The molecule has 0 unspecified atom stereocenters. The number of rotatable bonds is 4. The molecule has 0 amide bonds. The topological polar surface area (TPSA) is 82.2 Å². The van der Waals surface area contributed by atoms with Crippen molar-refractivity contribution in [2.75, 3.05) is 13.2 Å². The first-order chi connectivity index (χ1) is 12.7. The van der Waals surface area contributed by atoms with E-state index in [2.05, 4.69) is 10.2 Å². The highest BCUT2D eigenvalue weighted by Gasteiger charge is 2.56. The molecule has 26 heavy (non-hydrogen) atoms. The second kappa shape index (κ2) is 5.72. The molecular formula is C18H17FN4O3. The Labute approximate surface area is 147 Å². The zero-order valence-corrected chi connectivity index (χ0v) is 13.9. The van der Waals surface area contributed by atoms with Crippen molar-refractivity contribution in [3.05, 3.63) is 57.9 Å². The van der Waals surface area contributed by atoms with Gasteiger partial charge >= 0.3 is 0 Å². The molecule has 8 heteroatoms. The first kappa shape index (κ1) is 15.7. The Morgan fingerprint density at radius 2 is 2.04 bits per heavy atom.